The van der Waals surface area contributed by atoms with Gasteiger partial charge in [0.25, 0.3) is 0 Å². The number of benzene rings is 7. The largest absolute Gasteiger partial charge is 0.309 e. The number of thiophene rings is 1. The first-order valence-corrected chi connectivity index (χ1v) is 17.8. The average Bonchev–Trinajstić information content (AvgIpc) is 3.73. The maximum Gasteiger partial charge on any atom is 0.0716 e. The molecule has 0 saturated heterocycles. The molecule has 0 bridgehead atoms. The molecule has 0 fully saturated rings. The number of hydrogen-bond donors (Lipinski definition) is 0. The van der Waals surface area contributed by atoms with Crippen LogP contribution in [-0.4, -0.2) is 9.55 Å². The summed E-state index contributed by atoms with van der Waals surface area (Å²) < 4.78 is 4.96. The fourth-order valence-electron chi connectivity index (χ4n) is 7.35. The highest BCUT2D eigenvalue weighted by atomic mass is 32.1. The highest BCUT2D eigenvalue weighted by Gasteiger charge is 2.16. The maximum atomic E-state index is 5.38. The minimum absolute atomic E-state index is 0.952. The first-order valence-electron chi connectivity index (χ1n) is 17.0. The van der Waals surface area contributed by atoms with Crippen LogP contribution in [0.1, 0.15) is 0 Å². The Labute approximate surface area is 294 Å². The molecule has 0 aliphatic heterocycles. The standard InChI is InChI=1S/C47H30N2S/c1-3-11-31(12-4-1)32-19-21-33(22-20-32)36-27-42(48-43(28-36)35-24-26-41-40-16-8-10-18-46(40)50-47(41)30-35)34-23-25-39-38-15-7-9-17-44(38)49(45(39)29-34)37-13-5-2-6-14-37/h1-30H. The summed E-state index contributed by atoms with van der Waals surface area (Å²) in [6, 6.07) is 65.5. The Morgan fingerprint density at radius 1 is 0.340 bits per heavy atom. The van der Waals surface area contributed by atoms with Crippen LogP contribution < -0.4 is 0 Å². The molecule has 0 aliphatic rings. The predicted octanol–water partition coefficient (Wildman–Crippen LogP) is 13.2. The van der Waals surface area contributed by atoms with Gasteiger partial charge in [0, 0.05) is 47.8 Å². The second kappa shape index (κ2) is 11.7. The van der Waals surface area contributed by atoms with E-state index in [2.05, 4.69) is 187 Å². The van der Waals surface area contributed by atoms with Crippen LogP contribution in [0.4, 0.5) is 0 Å². The Balaban J connectivity index is 1.17. The molecule has 3 aromatic heterocycles. The number of nitrogens with zero attached hydrogens (tertiary/aromatic N) is 2. The lowest BCUT2D eigenvalue weighted by molar-refractivity contribution is 1.18. The van der Waals surface area contributed by atoms with Gasteiger partial charge in [0.1, 0.15) is 0 Å². The lowest BCUT2D eigenvalue weighted by atomic mass is 9.97. The monoisotopic (exact) mass is 654 g/mol. The third kappa shape index (κ3) is 4.82. The number of fused-ring (bicyclic) bond motifs is 6. The molecule has 0 amide bonds. The molecule has 0 atom stereocenters. The minimum Gasteiger partial charge on any atom is -0.309 e. The van der Waals surface area contributed by atoms with Crippen molar-refractivity contribution < 1.29 is 0 Å². The quantitative estimate of drug-likeness (QED) is 0.181. The third-order valence-corrected chi connectivity index (χ3v) is 10.9. The van der Waals surface area contributed by atoms with Gasteiger partial charge in [-0.25, -0.2) is 4.98 Å². The van der Waals surface area contributed by atoms with Gasteiger partial charge in [0.05, 0.1) is 22.4 Å². The van der Waals surface area contributed by atoms with Gasteiger partial charge in [-0.15, -0.1) is 11.3 Å². The van der Waals surface area contributed by atoms with Gasteiger partial charge in [-0.2, -0.15) is 0 Å². The predicted molar refractivity (Wildman–Crippen MR) is 213 cm³/mol. The molecule has 3 heteroatoms. The van der Waals surface area contributed by atoms with Crippen LogP contribution in [0.15, 0.2) is 182 Å². The van der Waals surface area contributed by atoms with Crippen LogP contribution in [0.2, 0.25) is 0 Å². The van der Waals surface area contributed by atoms with Crippen LogP contribution in [-0.2, 0) is 0 Å². The zero-order chi connectivity index (χ0) is 33.0. The number of hydrogen-bond acceptors (Lipinski definition) is 2. The van der Waals surface area contributed by atoms with Crippen LogP contribution in [0.5, 0.6) is 0 Å². The van der Waals surface area contributed by atoms with Crippen molar-refractivity contribution in [3.63, 3.8) is 0 Å². The highest BCUT2D eigenvalue weighted by molar-refractivity contribution is 7.25. The van der Waals surface area contributed by atoms with Crippen LogP contribution in [0, 0.1) is 0 Å². The number of aromatic nitrogens is 2. The van der Waals surface area contributed by atoms with E-state index in [0.29, 0.717) is 0 Å². The second-order valence-corrected chi connectivity index (χ2v) is 13.9. The van der Waals surface area contributed by atoms with E-state index in [0.717, 1.165) is 39.3 Å². The van der Waals surface area contributed by atoms with Crippen LogP contribution in [0.25, 0.3) is 92.4 Å². The first-order chi connectivity index (χ1) is 24.8. The van der Waals surface area contributed by atoms with Gasteiger partial charge in [-0.05, 0) is 70.8 Å². The molecule has 10 rings (SSSR count). The highest BCUT2D eigenvalue weighted by Crippen LogP contribution is 2.39. The zero-order valence-electron chi connectivity index (χ0n) is 27.1. The molecular weight excluding hydrogens is 625 g/mol. The number of para-hydroxylation sites is 2. The van der Waals surface area contributed by atoms with E-state index in [-0.39, 0.29) is 0 Å². The van der Waals surface area contributed by atoms with Crippen molar-refractivity contribution in [1.82, 2.24) is 9.55 Å². The third-order valence-electron chi connectivity index (χ3n) is 9.81. The Morgan fingerprint density at radius 2 is 0.860 bits per heavy atom. The smallest absolute Gasteiger partial charge is 0.0716 e. The average molecular weight is 655 g/mol. The van der Waals surface area contributed by atoms with E-state index < -0.39 is 0 Å². The fraction of sp³-hybridized carbons (Fsp3) is 0. The molecular formula is C47H30N2S. The number of rotatable bonds is 5. The summed E-state index contributed by atoms with van der Waals surface area (Å²) >= 11 is 1.84. The van der Waals surface area contributed by atoms with Crippen molar-refractivity contribution >= 4 is 53.3 Å². The Morgan fingerprint density at radius 3 is 1.62 bits per heavy atom. The summed E-state index contributed by atoms with van der Waals surface area (Å²) in [6.07, 6.45) is 0. The van der Waals surface area contributed by atoms with Gasteiger partial charge < -0.3 is 4.57 Å². The Kier molecular flexibility index (Phi) is 6.71. The SMILES string of the molecule is c1ccc(-c2ccc(-c3cc(-c4ccc5c(c4)sc4ccccc45)nc(-c4ccc5c6ccccc6n(-c6ccccc6)c5c4)c3)cc2)cc1. The van der Waals surface area contributed by atoms with Crippen molar-refractivity contribution in [2.75, 3.05) is 0 Å². The van der Waals surface area contributed by atoms with Crippen molar-refractivity contribution in [3.05, 3.63) is 182 Å². The molecule has 0 unspecified atom stereocenters. The summed E-state index contributed by atoms with van der Waals surface area (Å²) in [5.41, 5.74) is 12.4. The Hall–Kier alpha value is -6.29. The molecule has 234 valence electrons. The van der Waals surface area contributed by atoms with E-state index in [9.17, 15) is 0 Å². The molecule has 2 nitrogen and oxygen atoms in total. The molecule has 0 saturated carbocycles. The second-order valence-electron chi connectivity index (χ2n) is 12.8. The topological polar surface area (TPSA) is 17.8 Å². The molecule has 10 aromatic rings. The molecule has 0 N–H and O–H groups in total. The van der Waals surface area contributed by atoms with Gasteiger partial charge in [-0.1, -0.05) is 133 Å². The van der Waals surface area contributed by atoms with E-state index >= 15 is 0 Å². The van der Waals surface area contributed by atoms with E-state index in [1.54, 1.807) is 0 Å². The number of pyridine rings is 1. The molecule has 50 heavy (non-hydrogen) atoms. The van der Waals surface area contributed by atoms with Crippen LogP contribution in [0.3, 0.4) is 0 Å². The fourth-order valence-corrected chi connectivity index (χ4v) is 8.49. The summed E-state index contributed by atoms with van der Waals surface area (Å²) in [5.74, 6) is 0. The zero-order valence-corrected chi connectivity index (χ0v) is 27.9. The molecule has 0 spiro atoms. The lowest BCUT2D eigenvalue weighted by Crippen LogP contribution is -1.94. The Bertz CT molecular complexity index is 2850. The van der Waals surface area contributed by atoms with Gasteiger partial charge in [0.15, 0.2) is 0 Å². The summed E-state index contributed by atoms with van der Waals surface area (Å²) in [7, 11) is 0. The minimum atomic E-state index is 0.952. The van der Waals surface area contributed by atoms with Crippen molar-refractivity contribution in [2.24, 2.45) is 0 Å². The summed E-state index contributed by atoms with van der Waals surface area (Å²) in [6.45, 7) is 0. The lowest BCUT2D eigenvalue weighted by Gasteiger charge is -2.12. The van der Waals surface area contributed by atoms with Gasteiger partial charge in [0.2, 0.25) is 0 Å². The van der Waals surface area contributed by atoms with Gasteiger partial charge in [-0.3, -0.25) is 0 Å². The maximum absolute atomic E-state index is 5.38. The van der Waals surface area contributed by atoms with Crippen molar-refractivity contribution in [3.8, 4) is 50.5 Å². The van der Waals surface area contributed by atoms with E-state index in [1.165, 1.54) is 53.1 Å². The van der Waals surface area contributed by atoms with Crippen molar-refractivity contribution in [1.29, 1.82) is 0 Å². The summed E-state index contributed by atoms with van der Waals surface area (Å²) in [4.78, 5) is 5.38. The van der Waals surface area contributed by atoms with E-state index in [4.69, 9.17) is 4.98 Å². The van der Waals surface area contributed by atoms with Gasteiger partial charge >= 0.3 is 0 Å². The first kappa shape index (κ1) is 28.7. The summed E-state index contributed by atoms with van der Waals surface area (Å²) in [5, 5.41) is 5.08. The molecule has 0 aliphatic carbocycles. The molecule has 3 heterocycles. The van der Waals surface area contributed by atoms with Crippen LogP contribution >= 0.6 is 11.3 Å². The van der Waals surface area contributed by atoms with E-state index in [1.807, 2.05) is 11.3 Å². The molecule has 7 aromatic carbocycles. The molecule has 0 radical (unpaired) electrons. The normalized spacial score (nSPS) is 11.6. The van der Waals surface area contributed by atoms with Crippen molar-refractivity contribution in [2.45, 2.75) is 0 Å².